The average molecular weight is 254 g/mol. The molecule has 1 N–H and O–H groups in total. The molecule has 0 aromatic carbocycles. The Morgan fingerprint density at radius 2 is 1.94 bits per heavy atom. The van der Waals surface area contributed by atoms with Crippen molar-refractivity contribution in [1.29, 1.82) is 0 Å². The van der Waals surface area contributed by atoms with Crippen LogP contribution in [0.25, 0.3) is 0 Å². The van der Waals surface area contributed by atoms with E-state index in [9.17, 15) is 4.79 Å². The van der Waals surface area contributed by atoms with Gasteiger partial charge in [0.2, 0.25) is 0 Å². The van der Waals surface area contributed by atoms with E-state index in [0.29, 0.717) is 6.54 Å². The molecular weight excluding hydrogens is 228 g/mol. The second kappa shape index (κ2) is 5.74. The van der Waals surface area contributed by atoms with Crippen molar-refractivity contribution in [3.63, 3.8) is 0 Å². The standard InChI is InChI=1S/C14H26N2O2/c1-13(2,3)18-12(17)15-11-14(4,5)16-9-7-6-8-10-16/h6-7H,8-11H2,1-5H3,(H,15,17). The van der Waals surface area contributed by atoms with Crippen LogP contribution in [-0.4, -0.2) is 41.8 Å². The summed E-state index contributed by atoms with van der Waals surface area (Å²) in [7, 11) is 0. The van der Waals surface area contributed by atoms with E-state index in [1.807, 2.05) is 20.8 Å². The molecule has 0 bridgehead atoms. The van der Waals surface area contributed by atoms with Crippen LogP contribution >= 0.6 is 0 Å². The van der Waals surface area contributed by atoms with Crippen molar-refractivity contribution in [2.45, 2.75) is 52.2 Å². The van der Waals surface area contributed by atoms with Crippen molar-refractivity contribution in [2.24, 2.45) is 0 Å². The molecular formula is C14H26N2O2. The molecule has 1 aliphatic rings. The van der Waals surface area contributed by atoms with Crippen molar-refractivity contribution in [3.8, 4) is 0 Å². The van der Waals surface area contributed by atoms with Crippen molar-refractivity contribution in [2.75, 3.05) is 19.6 Å². The molecule has 0 atom stereocenters. The number of nitrogens with zero attached hydrogens (tertiary/aromatic N) is 1. The van der Waals surface area contributed by atoms with Gasteiger partial charge in [0.15, 0.2) is 0 Å². The lowest BCUT2D eigenvalue weighted by atomic mass is 10.0. The number of hydrogen-bond acceptors (Lipinski definition) is 3. The van der Waals surface area contributed by atoms with Crippen molar-refractivity contribution in [3.05, 3.63) is 12.2 Å². The molecule has 0 aromatic heterocycles. The first-order valence-electron chi connectivity index (χ1n) is 6.58. The van der Waals surface area contributed by atoms with Gasteiger partial charge in [-0.25, -0.2) is 4.79 Å². The van der Waals surface area contributed by atoms with Crippen molar-refractivity contribution < 1.29 is 9.53 Å². The van der Waals surface area contributed by atoms with Gasteiger partial charge < -0.3 is 10.1 Å². The van der Waals surface area contributed by atoms with Gasteiger partial charge in [0, 0.05) is 25.2 Å². The summed E-state index contributed by atoms with van der Waals surface area (Å²) in [5, 5.41) is 2.85. The number of carbonyl (C=O) groups is 1. The highest BCUT2D eigenvalue weighted by Crippen LogP contribution is 2.17. The van der Waals surface area contributed by atoms with Gasteiger partial charge in [-0.2, -0.15) is 0 Å². The van der Waals surface area contributed by atoms with Gasteiger partial charge in [-0.1, -0.05) is 12.2 Å². The Hall–Kier alpha value is -1.03. The first-order valence-corrected chi connectivity index (χ1v) is 6.58. The lowest BCUT2D eigenvalue weighted by Gasteiger charge is -2.39. The normalized spacial score (nSPS) is 17.6. The monoisotopic (exact) mass is 254 g/mol. The lowest BCUT2D eigenvalue weighted by Crippen LogP contribution is -2.53. The molecule has 1 aliphatic heterocycles. The topological polar surface area (TPSA) is 41.6 Å². The molecule has 0 spiro atoms. The minimum absolute atomic E-state index is 0.0539. The smallest absolute Gasteiger partial charge is 0.407 e. The number of rotatable bonds is 3. The van der Waals surface area contributed by atoms with Crippen LogP contribution < -0.4 is 5.32 Å². The highest BCUT2D eigenvalue weighted by Gasteiger charge is 2.27. The third-order valence-electron chi connectivity index (χ3n) is 2.98. The first-order chi connectivity index (χ1) is 8.21. The molecule has 104 valence electrons. The fraction of sp³-hybridized carbons (Fsp3) is 0.786. The second-order valence-electron chi connectivity index (χ2n) is 6.37. The molecule has 0 radical (unpaired) electrons. The number of hydrogen-bond donors (Lipinski definition) is 1. The van der Waals surface area contributed by atoms with E-state index in [1.165, 1.54) is 0 Å². The molecule has 1 rings (SSSR count). The molecule has 0 fully saturated rings. The van der Waals surface area contributed by atoms with E-state index < -0.39 is 5.60 Å². The molecule has 0 unspecified atom stereocenters. The molecule has 1 amide bonds. The molecule has 4 heteroatoms. The fourth-order valence-electron chi connectivity index (χ4n) is 1.91. The van der Waals surface area contributed by atoms with Crippen molar-refractivity contribution in [1.82, 2.24) is 10.2 Å². The summed E-state index contributed by atoms with van der Waals surface area (Å²) in [6.45, 7) is 12.5. The van der Waals surface area contributed by atoms with E-state index in [0.717, 1.165) is 19.5 Å². The first kappa shape index (κ1) is 15.0. The molecule has 0 saturated carbocycles. The predicted octanol–water partition coefficient (Wildman–Crippen LogP) is 2.55. The predicted molar refractivity (Wildman–Crippen MR) is 73.6 cm³/mol. The van der Waals surface area contributed by atoms with Gasteiger partial charge in [0.1, 0.15) is 5.60 Å². The summed E-state index contributed by atoms with van der Waals surface area (Å²) in [6, 6.07) is 0. The van der Waals surface area contributed by atoms with Gasteiger partial charge in [0.05, 0.1) is 0 Å². The van der Waals surface area contributed by atoms with E-state index in [4.69, 9.17) is 4.74 Å². The molecule has 0 saturated heterocycles. The van der Waals surface area contributed by atoms with E-state index in [1.54, 1.807) is 0 Å². The maximum atomic E-state index is 11.6. The van der Waals surface area contributed by atoms with E-state index >= 15 is 0 Å². The van der Waals surface area contributed by atoms with E-state index in [-0.39, 0.29) is 11.6 Å². The van der Waals surface area contributed by atoms with Crippen LogP contribution in [0.4, 0.5) is 4.79 Å². The minimum atomic E-state index is -0.442. The lowest BCUT2D eigenvalue weighted by molar-refractivity contribution is 0.0473. The quantitative estimate of drug-likeness (QED) is 0.787. The number of ether oxygens (including phenoxy) is 1. The maximum absolute atomic E-state index is 11.6. The molecule has 0 aromatic rings. The zero-order valence-electron chi connectivity index (χ0n) is 12.2. The van der Waals surface area contributed by atoms with Crippen LogP contribution in [0, 0.1) is 0 Å². The molecule has 0 aliphatic carbocycles. The van der Waals surface area contributed by atoms with Gasteiger partial charge in [-0.3, -0.25) is 4.90 Å². The third kappa shape index (κ3) is 5.08. The minimum Gasteiger partial charge on any atom is -0.444 e. The van der Waals surface area contributed by atoms with Gasteiger partial charge >= 0.3 is 6.09 Å². The summed E-state index contributed by atoms with van der Waals surface area (Å²) >= 11 is 0. The summed E-state index contributed by atoms with van der Waals surface area (Å²) < 4.78 is 5.24. The Morgan fingerprint density at radius 3 is 2.44 bits per heavy atom. The Bertz CT molecular complexity index is 316. The Kier molecular flexibility index (Phi) is 4.79. The van der Waals surface area contributed by atoms with Crippen LogP contribution in [0.15, 0.2) is 12.2 Å². The molecule has 4 nitrogen and oxygen atoms in total. The Labute approximate surface area is 110 Å². The van der Waals surface area contributed by atoms with Crippen LogP contribution in [0.1, 0.15) is 41.0 Å². The molecule has 1 heterocycles. The fourth-order valence-corrected chi connectivity index (χ4v) is 1.91. The number of alkyl carbamates (subject to hydrolysis) is 1. The third-order valence-corrected chi connectivity index (χ3v) is 2.98. The summed E-state index contributed by atoms with van der Waals surface area (Å²) in [5.41, 5.74) is -0.496. The summed E-state index contributed by atoms with van der Waals surface area (Å²) in [5.74, 6) is 0. The Morgan fingerprint density at radius 1 is 1.28 bits per heavy atom. The average Bonchev–Trinajstić information content (AvgIpc) is 2.26. The van der Waals surface area contributed by atoms with Crippen LogP contribution in [0.2, 0.25) is 0 Å². The SMILES string of the molecule is CC(C)(C)OC(=O)NCC(C)(C)N1CC=CCC1. The van der Waals surface area contributed by atoms with Gasteiger partial charge in [-0.05, 0) is 41.0 Å². The van der Waals surface area contributed by atoms with Crippen LogP contribution in [0.5, 0.6) is 0 Å². The largest absolute Gasteiger partial charge is 0.444 e. The highest BCUT2D eigenvalue weighted by atomic mass is 16.6. The Balaban J connectivity index is 2.41. The summed E-state index contributed by atoms with van der Waals surface area (Å²) in [6.07, 6.45) is 5.12. The van der Waals surface area contributed by atoms with E-state index in [2.05, 4.69) is 36.2 Å². The zero-order valence-corrected chi connectivity index (χ0v) is 12.2. The number of nitrogens with one attached hydrogen (secondary N) is 1. The number of carbonyl (C=O) groups excluding carboxylic acids is 1. The highest BCUT2D eigenvalue weighted by molar-refractivity contribution is 5.67. The zero-order chi connectivity index (χ0) is 13.8. The van der Waals surface area contributed by atoms with Crippen LogP contribution in [-0.2, 0) is 4.74 Å². The second-order valence-corrected chi connectivity index (χ2v) is 6.37. The summed E-state index contributed by atoms with van der Waals surface area (Å²) in [4.78, 5) is 14.0. The van der Waals surface area contributed by atoms with Gasteiger partial charge in [0.25, 0.3) is 0 Å². The van der Waals surface area contributed by atoms with Crippen molar-refractivity contribution >= 4 is 6.09 Å². The number of amides is 1. The molecule has 18 heavy (non-hydrogen) atoms. The maximum Gasteiger partial charge on any atom is 0.407 e. The van der Waals surface area contributed by atoms with Gasteiger partial charge in [-0.15, -0.1) is 0 Å². The van der Waals surface area contributed by atoms with Crippen LogP contribution in [0.3, 0.4) is 0 Å².